The van der Waals surface area contributed by atoms with Crippen LogP contribution in [0.5, 0.6) is 5.75 Å². The van der Waals surface area contributed by atoms with Crippen molar-refractivity contribution in [1.82, 2.24) is 15.5 Å². The summed E-state index contributed by atoms with van der Waals surface area (Å²) in [4.78, 5) is 4.56. The molecule has 0 fully saturated rings. The minimum absolute atomic E-state index is 0.218. The summed E-state index contributed by atoms with van der Waals surface area (Å²) in [5.74, 6) is 2.38. The number of rotatable bonds is 6. The van der Waals surface area contributed by atoms with Gasteiger partial charge in [0.2, 0.25) is 11.7 Å². The molecule has 0 aliphatic rings. The lowest BCUT2D eigenvalue weighted by molar-refractivity contribution is 0.322. The molecule has 1 heterocycles. The number of ether oxygens (including phenoxy) is 1. The Bertz CT molecular complexity index is 595. The number of aromatic nitrogens is 2. The average Bonchev–Trinajstić information content (AvgIpc) is 2.97. The number of benzene rings is 1. The van der Waals surface area contributed by atoms with Crippen molar-refractivity contribution < 1.29 is 9.26 Å². The molecule has 1 aromatic heterocycles. The number of methoxy groups -OCH3 is 1. The fourth-order valence-corrected chi connectivity index (χ4v) is 2.46. The molecule has 1 N–H and O–H groups in total. The van der Waals surface area contributed by atoms with Crippen molar-refractivity contribution in [3.63, 3.8) is 0 Å². The third kappa shape index (κ3) is 3.24. The van der Waals surface area contributed by atoms with Crippen molar-refractivity contribution >= 4 is 0 Å². The van der Waals surface area contributed by atoms with E-state index >= 15 is 0 Å². The molecule has 0 saturated heterocycles. The van der Waals surface area contributed by atoms with Gasteiger partial charge in [0, 0.05) is 11.6 Å². The van der Waals surface area contributed by atoms with Crippen LogP contribution >= 0.6 is 0 Å². The molecule has 5 nitrogen and oxygen atoms in total. The molecule has 0 radical (unpaired) electrons. The maximum atomic E-state index is 5.46. The van der Waals surface area contributed by atoms with E-state index in [0.29, 0.717) is 17.8 Å². The van der Waals surface area contributed by atoms with Gasteiger partial charge in [0.1, 0.15) is 5.75 Å². The highest BCUT2D eigenvalue weighted by Crippen LogP contribution is 2.27. The smallest absolute Gasteiger partial charge is 0.231 e. The van der Waals surface area contributed by atoms with Gasteiger partial charge >= 0.3 is 0 Å². The zero-order valence-corrected chi connectivity index (χ0v) is 13.3. The highest BCUT2D eigenvalue weighted by atomic mass is 16.5. The minimum atomic E-state index is 0.218. The second-order valence-corrected chi connectivity index (χ2v) is 5.23. The summed E-state index contributed by atoms with van der Waals surface area (Å²) >= 11 is 0. The number of likely N-dealkylation sites (N-methyl/N-ethyl adjacent to an activating group) is 1. The Morgan fingerprint density at radius 3 is 2.71 bits per heavy atom. The van der Waals surface area contributed by atoms with Crippen LogP contribution in [-0.2, 0) is 0 Å². The molecule has 2 aromatic rings. The Balaban J connectivity index is 2.29. The molecule has 0 aliphatic heterocycles. The average molecular weight is 289 g/mol. The van der Waals surface area contributed by atoms with Gasteiger partial charge in [-0.3, -0.25) is 0 Å². The van der Waals surface area contributed by atoms with Crippen LogP contribution in [-0.4, -0.2) is 30.3 Å². The summed E-state index contributed by atoms with van der Waals surface area (Å²) in [5, 5.41) is 7.36. The molecule has 1 aromatic carbocycles. The molecule has 21 heavy (non-hydrogen) atoms. The van der Waals surface area contributed by atoms with Crippen molar-refractivity contribution in [1.29, 1.82) is 0 Å². The molecule has 0 bridgehead atoms. The highest BCUT2D eigenvalue weighted by Gasteiger charge is 2.23. The number of nitrogens with one attached hydrogen (secondary N) is 1. The van der Waals surface area contributed by atoms with Crippen LogP contribution in [0.4, 0.5) is 0 Å². The van der Waals surface area contributed by atoms with E-state index in [-0.39, 0.29) is 5.92 Å². The number of aryl methyl sites for hydroxylation is 1. The van der Waals surface area contributed by atoms with E-state index in [1.165, 1.54) is 0 Å². The van der Waals surface area contributed by atoms with Crippen LogP contribution in [0.2, 0.25) is 0 Å². The Hall–Kier alpha value is -1.88. The largest absolute Gasteiger partial charge is 0.496 e. The van der Waals surface area contributed by atoms with Crippen LogP contribution in [0.25, 0.3) is 11.4 Å². The first-order valence-electron chi connectivity index (χ1n) is 7.26. The van der Waals surface area contributed by atoms with Gasteiger partial charge in [-0.05, 0) is 51.1 Å². The molecule has 0 spiro atoms. The van der Waals surface area contributed by atoms with E-state index in [0.717, 1.165) is 23.3 Å². The van der Waals surface area contributed by atoms with Gasteiger partial charge in [-0.25, -0.2) is 0 Å². The van der Waals surface area contributed by atoms with E-state index in [2.05, 4.69) is 29.3 Å². The lowest BCUT2D eigenvalue weighted by Gasteiger charge is -2.17. The third-order valence-corrected chi connectivity index (χ3v) is 3.91. The van der Waals surface area contributed by atoms with Crippen LogP contribution in [0.15, 0.2) is 22.7 Å². The lowest BCUT2D eigenvalue weighted by atomic mass is 9.98. The Labute approximate surface area is 125 Å². The fraction of sp³-hybridized carbons (Fsp3) is 0.500. The van der Waals surface area contributed by atoms with Crippen LogP contribution in [0.3, 0.4) is 0 Å². The van der Waals surface area contributed by atoms with E-state index in [9.17, 15) is 0 Å². The van der Waals surface area contributed by atoms with E-state index < -0.39 is 0 Å². The van der Waals surface area contributed by atoms with Gasteiger partial charge in [-0.15, -0.1) is 0 Å². The third-order valence-electron chi connectivity index (χ3n) is 3.91. The van der Waals surface area contributed by atoms with E-state index in [4.69, 9.17) is 9.26 Å². The Kier molecular flexibility index (Phi) is 4.96. The zero-order chi connectivity index (χ0) is 15.4. The quantitative estimate of drug-likeness (QED) is 0.885. The maximum absolute atomic E-state index is 5.46. The lowest BCUT2D eigenvalue weighted by Crippen LogP contribution is -2.28. The topological polar surface area (TPSA) is 60.2 Å². The first kappa shape index (κ1) is 15.5. The molecule has 2 rings (SSSR count). The summed E-state index contributed by atoms with van der Waals surface area (Å²) in [5.41, 5.74) is 1.99. The normalized spacial score (nSPS) is 14.0. The number of hydrogen-bond donors (Lipinski definition) is 1. The zero-order valence-electron chi connectivity index (χ0n) is 13.3. The van der Waals surface area contributed by atoms with Crippen molar-refractivity contribution in [2.75, 3.05) is 14.2 Å². The molecule has 2 atom stereocenters. The number of nitrogens with zero attached hydrogens (tertiary/aromatic N) is 2. The van der Waals surface area contributed by atoms with Gasteiger partial charge in [0.25, 0.3) is 0 Å². The highest BCUT2D eigenvalue weighted by molar-refractivity contribution is 5.58. The molecule has 114 valence electrons. The van der Waals surface area contributed by atoms with Crippen molar-refractivity contribution in [3.8, 4) is 17.1 Å². The van der Waals surface area contributed by atoms with Crippen LogP contribution < -0.4 is 10.1 Å². The minimum Gasteiger partial charge on any atom is -0.496 e. The summed E-state index contributed by atoms with van der Waals surface area (Å²) in [6, 6.07) is 6.17. The molecular weight excluding hydrogens is 266 g/mol. The van der Waals surface area contributed by atoms with Gasteiger partial charge in [0.15, 0.2) is 0 Å². The summed E-state index contributed by atoms with van der Waals surface area (Å²) in [6.45, 7) is 6.25. The molecule has 0 saturated carbocycles. The molecule has 0 aliphatic carbocycles. The molecule has 2 unspecified atom stereocenters. The maximum Gasteiger partial charge on any atom is 0.231 e. The predicted octanol–water partition coefficient (Wildman–Crippen LogP) is 3.16. The van der Waals surface area contributed by atoms with Gasteiger partial charge in [0.05, 0.1) is 13.0 Å². The summed E-state index contributed by atoms with van der Waals surface area (Å²) in [7, 11) is 3.61. The van der Waals surface area contributed by atoms with E-state index in [1.54, 1.807) is 7.11 Å². The SMILES string of the molecule is CCC(c1nc(-c2ccc(OC)c(C)c2)no1)C(C)NC. The van der Waals surface area contributed by atoms with Crippen molar-refractivity contribution in [3.05, 3.63) is 29.7 Å². The van der Waals surface area contributed by atoms with Gasteiger partial charge < -0.3 is 14.6 Å². The van der Waals surface area contributed by atoms with Crippen molar-refractivity contribution in [2.45, 2.75) is 39.2 Å². The fourth-order valence-electron chi connectivity index (χ4n) is 2.46. The second-order valence-electron chi connectivity index (χ2n) is 5.23. The first-order chi connectivity index (χ1) is 10.1. The first-order valence-corrected chi connectivity index (χ1v) is 7.26. The van der Waals surface area contributed by atoms with Gasteiger partial charge in [-0.1, -0.05) is 12.1 Å². The standard InChI is InChI=1S/C16H23N3O2/c1-6-13(11(3)17-4)16-18-15(19-21-16)12-7-8-14(20-5)10(2)9-12/h7-9,11,13,17H,6H2,1-5H3. The Morgan fingerprint density at radius 1 is 1.38 bits per heavy atom. The second kappa shape index (κ2) is 6.72. The number of hydrogen-bond acceptors (Lipinski definition) is 5. The molecule has 0 amide bonds. The monoisotopic (exact) mass is 289 g/mol. The molecule has 5 heteroatoms. The Morgan fingerprint density at radius 2 is 2.14 bits per heavy atom. The van der Waals surface area contributed by atoms with Crippen LogP contribution in [0, 0.1) is 6.92 Å². The van der Waals surface area contributed by atoms with Crippen LogP contribution in [0.1, 0.15) is 37.6 Å². The van der Waals surface area contributed by atoms with Crippen molar-refractivity contribution in [2.24, 2.45) is 0 Å². The van der Waals surface area contributed by atoms with Gasteiger partial charge in [-0.2, -0.15) is 4.98 Å². The molecular formula is C16H23N3O2. The van der Waals surface area contributed by atoms with E-state index in [1.807, 2.05) is 32.2 Å². The predicted molar refractivity (Wildman–Crippen MR) is 82.6 cm³/mol. The summed E-state index contributed by atoms with van der Waals surface area (Å²) < 4.78 is 10.7. The summed E-state index contributed by atoms with van der Waals surface area (Å²) in [6.07, 6.45) is 0.950.